The first-order valence-corrected chi connectivity index (χ1v) is 11.3. The fourth-order valence-electron chi connectivity index (χ4n) is 4.42. The Morgan fingerprint density at radius 3 is 2.48 bits per heavy atom. The number of nitrogens with one attached hydrogen (secondary N) is 2. The molecule has 0 aromatic heterocycles. The number of carbonyl (C=O) groups excluding carboxylic acids is 1. The van der Waals surface area contributed by atoms with Gasteiger partial charge in [-0.25, -0.2) is 0 Å². The second-order valence-corrected chi connectivity index (χ2v) is 8.80. The molecule has 3 aromatic carbocycles. The summed E-state index contributed by atoms with van der Waals surface area (Å²) in [6, 6.07) is 22.4. The Morgan fingerprint density at radius 1 is 0.970 bits per heavy atom. The van der Waals surface area contributed by atoms with Crippen LogP contribution in [0, 0.1) is 0 Å². The molecule has 3 aromatic rings. The van der Waals surface area contributed by atoms with E-state index >= 15 is 0 Å². The van der Waals surface area contributed by atoms with E-state index in [9.17, 15) is 4.79 Å². The second-order valence-electron chi connectivity index (χ2n) is 8.80. The van der Waals surface area contributed by atoms with Crippen LogP contribution < -0.4 is 21.3 Å². The molecule has 2 aliphatic heterocycles. The minimum Gasteiger partial charge on any atom is -0.399 e. The van der Waals surface area contributed by atoms with Crippen molar-refractivity contribution in [3.05, 3.63) is 89.6 Å². The van der Waals surface area contributed by atoms with Gasteiger partial charge in [0.25, 0.3) is 5.91 Å². The lowest BCUT2D eigenvalue weighted by Crippen LogP contribution is -2.44. The molecule has 33 heavy (non-hydrogen) atoms. The molecule has 0 unspecified atom stereocenters. The van der Waals surface area contributed by atoms with Gasteiger partial charge in [-0.3, -0.25) is 4.79 Å². The van der Waals surface area contributed by atoms with Crippen molar-refractivity contribution >= 4 is 34.2 Å². The zero-order valence-corrected chi connectivity index (χ0v) is 18.8. The van der Waals surface area contributed by atoms with Crippen LogP contribution in [-0.2, 0) is 11.2 Å². The van der Waals surface area contributed by atoms with Crippen LogP contribution in [0.25, 0.3) is 5.57 Å². The zero-order valence-electron chi connectivity index (χ0n) is 18.8. The number of anilines is 4. The average molecular weight is 440 g/mol. The van der Waals surface area contributed by atoms with E-state index in [1.165, 1.54) is 5.69 Å². The SMILES string of the molecule is CN1CCN(c2ccc(NC=C3C(=O)Nc4ccc(Cc5cccc(N)c5)cc43)cc2)CC1. The van der Waals surface area contributed by atoms with Crippen LogP contribution in [0.1, 0.15) is 16.7 Å². The van der Waals surface area contributed by atoms with Crippen LogP contribution in [0.3, 0.4) is 0 Å². The normalized spacial score (nSPS) is 17.2. The van der Waals surface area contributed by atoms with Crippen LogP contribution in [0.4, 0.5) is 22.7 Å². The van der Waals surface area contributed by atoms with Crippen molar-refractivity contribution in [2.45, 2.75) is 6.42 Å². The Labute approximate surface area is 194 Å². The first-order valence-electron chi connectivity index (χ1n) is 11.3. The van der Waals surface area contributed by atoms with Crippen LogP contribution in [0.5, 0.6) is 0 Å². The van der Waals surface area contributed by atoms with Crippen LogP contribution >= 0.6 is 0 Å². The molecule has 0 radical (unpaired) electrons. The van der Waals surface area contributed by atoms with E-state index in [0.717, 1.165) is 66.4 Å². The van der Waals surface area contributed by atoms with E-state index in [0.29, 0.717) is 5.57 Å². The topological polar surface area (TPSA) is 73.6 Å². The average Bonchev–Trinajstić information content (AvgIpc) is 3.13. The molecule has 0 aliphatic carbocycles. The molecule has 1 fully saturated rings. The van der Waals surface area contributed by atoms with Gasteiger partial charge in [0.1, 0.15) is 0 Å². The minimum atomic E-state index is -0.0901. The molecule has 1 amide bonds. The third-order valence-corrected chi connectivity index (χ3v) is 6.35. The Balaban J connectivity index is 1.31. The van der Waals surface area contributed by atoms with Crippen LogP contribution in [-0.4, -0.2) is 44.0 Å². The number of amides is 1. The number of carbonyl (C=O) groups is 1. The fourth-order valence-corrected chi connectivity index (χ4v) is 4.42. The van der Waals surface area contributed by atoms with E-state index in [1.54, 1.807) is 6.20 Å². The predicted molar refractivity (Wildman–Crippen MR) is 136 cm³/mol. The Morgan fingerprint density at radius 2 is 1.73 bits per heavy atom. The molecule has 1 saturated heterocycles. The lowest BCUT2D eigenvalue weighted by Gasteiger charge is -2.34. The van der Waals surface area contributed by atoms with E-state index in [4.69, 9.17) is 5.73 Å². The minimum absolute atomic E-state index is 0.0901. The molecule has 6 nitrogen and oxygen atoms in total. The standard InChI is InChI=1S/C27H29N5O/c1-31-11-13-32(14-12-31)23-8-6-22(7-9-23)29-18-25-24-17-20(5-10-26(24)30-27(25)33)15-19-3-2-4-21(28)16-19/h2-10,16-18,29H,11-15,28H2,1H3,(H,30,33). The number of nitrogens with zero attached hydrogens (tertiary/aromatic N) is 2. The molecule has 4 N–H and O–H groups in total. The van der Waals surface area contributed by atoms with Gasteiger partial charge < -0.3 is 26.2 Å². The zero-order chi connectivity index (χ0) is 22.8. The number of hydrogen-bond acceptors (Lipinski definition) is 5. The van der Waals surface area contributed by atoms with Gasteiger partial charge in [0.15, 0.2) is 0 Å². The number of likely N-dealkylation sites (N-methyl/N-ethyl adjacent to an activating group) is 1. The molecule has 0 spiro atoms. The van der Waals surface area contributed by atoms with Crippen molar-refractivity contribution < 1.29 is 4.79 Å². The first kappa shape index (κ1) is 21.1. The number of benzene rings is 3. The van der Waals surface area contributed by atoms with E-state index in [-0.39, 0.29) is 5.91 Å². The summed E-state index contributed by atoms with van der Waals surface area (Å²) < 4.78 is 0. The lowest BCUT2D eigenvalue weighted by atomic mass is 9.99. The van der Waals surface area contributed by atoms with Gasteiger partial charge in [-0.2, -0.15) is 0 Å². The van der Waals surface area contributed by atoms with Crippen molar-refractivity contribution in [2.75, 3.05) is 54.5 Å². The highest BCUT2D eigenvalue weighted by Crippen LogP contribution is 2.33. The Bertz CT molecular complexity index is 1190. The summed E-state index contributed by atoms with van der Waals surface area (Å²) in [6.07, 6.45) is 2.57. The smallest absolute Gasteiger partial charge is 0.257 e. The highest BCUT2D eigenvalue weighted by molar-refractivity contribution is 6.31. The fraction of sp³-hybridized carbons (Fsp3) is 0.222. The maximum absolute atomic E-state index is 12.6. The molecule has 0 bridgehead atoms. The van der Waals surface area contributed by atoms with Crippen LogP contribution in [0.2, 0.25) is 0 Å². The van der Waals surface area contributed by atoms with Gasteiger partial charge in [-0.05, 0) is 73.1 Å². The summed E-state index contributed by atoms with van der Waals surface area (Å²) in [4.78, 5) is 17.4. The highest BCUT2D eigenvalue weighted by atomic mass is 16.2. The predicted octanol–water partition coefficient (Wildman–Crippen LogP) is 4.02. The maximum Gasteiger partial charge on any atom is 0.257 e. The monoisotopic (exact) mass is 439 g/mol. The first-order chi connectivity index (χ1) is 16.0. The highest BCUT2D eigenvalue weighted by Gasteiger charge is 2.24. The van der Waals surface area contributed by atoms with E-state index in [1.807, 2.05) is 24.3 Å². The molecule has 6 heteroatoms. The number of rotatable bonds is 5. The molecular weight excluding hydrogens is 410 g/mol. The number of nitrogen functional groups attached to an aromatic ring is 1. The summed E-state index contributed by atoms with van der Waals surface area (Å²) in [7, 11) is 2.16. The number of piperazine rings is 1. The molecule has 168 valence electrons. The van der Waals surface area contributed by atoms with Crippen molar-refractivity contribution in [1.29, 1.82) is 0 Å². The Hall–Kier alpha value is -3.77. The quantitative estimate of drug-likeness (QED) is 0.414. The summed E-state index contributed by atoms with van der Waals surface area (Å²) in [5.41, 5.74) is 13.6. The van der Waals surface area contributed by atoms with E-state index in [2.05, 4.69) is 69.9 Å². The number of hydrogen-bond donors (Lipinski definition) is 3. The van der Waals surface area contributed by atoms with Crippen molar-refractivity contribution in [3.8, 4) is 0 Å². The van der Waals surface area contributed by atoms with Crippen molar-refractivity contribution in [3.63, 3.8) is 0 Å². The third-order valence-electron chi connectivity index (χ3n) is 6.35. The number of nitrogens with two attached hydrogens (primary N) is 1. The summed E-state index contributed by atoms with van der Waals surface area (Å²) in [5, 5.41) is 6.27. The van der Waals surface area contributed by atoms with Crippen LogP contribution in [0.15, 0.2) is 72.9 Å². The summed E-state index contributed by atoms with van der Waals surface area (Å²) in [5.74, 6) is -0.0901. The van der Waals surface area contributed by atoms with Gasteiger partial charge in [0, 0.05) is 60.7 Å². The number of fused-ring (bicyclic) bond motifs is 1. The van der Waals surface area contributed by atoms with Crippen molar-refractivity contribution in [1.82, 2.24) is 4.90 Å². The molecule has 5 rings (SSSR count). The molecule has 2 heterocycles. The van der Waals surface area contributed by atoms with Gasteiger partial charge in [0.2, 0.25) is 0 Å². The molecule has 2 aliphatic rings. The summed E-state index contributed by atoms with van der Waals surface area (Å²) in [6.45, 7) is 4.25. The molecular formula is C27H29N5O. The summed E-state index contributed by atoms with van der Waals surface area (Å²) >= 11 is 0. The Kier molecular flexibility index (Phi) is 5.75. The van der Waals surface area contributed by atoms with Gasteiger partial charge in [-0.15, -0.1) is 0 Å². The van der Waals surface area contributed by atoms with E-state index < -0.39 is 0 Å². The molecule has 0 atom stereocenters. The molecule has 0 saturated carbocycles. The van der Waals surface area contributed by atoms with Gasteiger partial charge >= 0.3 is 0 Å². The lowest BCUT2D eigenvalue weighted by molar-refractivity contribution is -0.110. The second kappa shape index (κ2) is 9.00. The van der Waals surface area contributed by atoms with Crippen molar-refractivity contribution in [2.24, 2.45) is 0 Å². The maximum atomic E-state index is 12.6. The third kappa shape index (κ3) is 4.71. The largest absolute Gasteiger partial charge is 0.399 e. The van der Waals surface area contributed by atoms with Gasteiger partial charge in [-0.1, -0.05) is 18.2 Å². The van der Waals surface area contributed by atoms with Gasteiger partial charge in [0.05, 0.1) is 5.57 Å².